The molecule has 10 heavy (non-hydrogen) atoms. The molecule has 0 amide bonds. The second-order valence-corrected chi connectivity index (χ2v) is 2.68. The van der Waals surface area contributed by atoms with Crippen molar-refractivity contribution in [2.75, 3.05) is 0 Å². The fourth-order valence-electron chi connectivity index (χ4n) is 0. The summed E-state index contributed by atoms with van der Waals surface area (Å²) in [6.07, 6.45) is 0. The van der Waals surface area contributed by atoms with Gasteiger partial charge in [0.25, 0.3) is 0 Å². The number of rotatable bonds is 6. The Hall–Kier alpha value is 0.220. The van der Waals surface area contributed by atoms with Gasteiger partial charge in [-0.1, -0.05) is 0 Å². The lowest BCUT2D eigenvalue weighted by molar-refractivity contribution is 0.272. The van der Waals surface area contributed by atoms with E-state index in [1.807, 2.05) is 0 Å². The zero-order valence-corrected chi connectivity index (χ0v) is 5.95. The van der Waals surface area contributed by atoms with E-state index in [0.29, 0.717) is 0 Å². The van der Waals surface area contributed by atoms with Gasteiger partial charge >= 0.3 is 15.6 Å². The number of hydrogen-bond donors (Lipinski definition) is 6. The molecule has 0 radical (unpaired) electrons. The Labute approximate surface area is 64.2 Å². The minimum atomic E-state index is -4.16. The quantitative estimate of drug-likeness (QED) is 0.274. The minimum absolute atomic E-state index is 3.22. The smallest absolute Gasteiger partial charge is 0.303 e. The van der Waals surface area contributed by atoms with E-state index in [2.05, 4.69) is 29.4 Å². The lowest BCUT2D eigenvalue weighted by Crippen LogP contribution is -1.66. The van der Waals surface area contributed by atoms with E-state index in [4.69, 9.17) is 8.59 Å². The fourth-order valence-corrected chi connectivity index (χ4v) is 0. The summed E-state index contributed by atoms with van der Waals surface area (Å²) in [5.41, 5.74) is 0. The third-order valence-electron chi connectivity index (χ3n) is 0. The molecule has 6 N–H and O–H groups in total. The molecule has 0 saturated carbocycles. The summed E-state index contributed by atoms with van der Waals surface area (Å²) < 4.78 is 55.6. The molecule has 0 heterocycles. The molecule has 0 bridgehead atoms. The van der Waals surface area contributed by atoms with Gasteiger partial charge in [0, 0.05) is 0 Å². The first-order valence-corrected chi connectivity index (χ1v) is 4.38. The van der Waals surface area contributed by atoms with Gasteiger partial charge in [-0.3, -0.25) is 0 Å². The first-order chi connectivity index (χ1) is 7.36. The van der Waals surface area contributed by atoms with Crippen LogP contribution < -0.4 is 0 Å². The summed E-state index contributed by atoms with van der Waals surface area (Å²) in [6, 6.07) is 0. The Balaban J connectivity index is 0. The summed E-state index contributed by atoms with van der Waals surface area (Å²) in [5.74, 6) is 0. The highest BCUT2D eigenvalue weighted by Crippen LogP contribution is 2.26. The van der Waals surface area contributed by atoms with Gasteiger partial charge in [-0.15, -0.1) is 0 Å². The average Bonchev–Trinajstić information content (AvgIpc) is 2.37. The maximum atomic E-state index is 10.1. The van der Waals surface area contributed by atoms with Crippen molar-refractivity contribution in [3.05, 3.63) is 0 Å². The molecular formula is H6O8P2. The monoisotopic (exact) mass is 202 g/mol. The Morgan fingerprint density at radius 2 is 1.00 bits per heavy atom. The van der Waals surface area contributed by atoms with Crippen molar-refractivity contribution in [1.82, 2.24) is 0 Å². The minimum Gasteiger partial charge on any atom is -0.303 e. The highest BCUT2D eigenvalue weighted by atomic mass is 31.2. The molecule has 0 unspecified atom stereocenters. The molecular weight excluding hydrogens is 190 g/mol. The van der Waals surface area contributed by atoms with Crippen LogP contribution in [0.3, 0.4) is 0 Å². The van der Waals surface area contributed by atoms with Crippen LogP contribution in [0.4, 0.5) is 0 Å². The van der Waals surface area contributed by atoms with E-state index in [1.54, 1.807) is 0 Å². The van der Waals surface area contributed by atoms with Gasteiger partial charge in [-0.05, 0) is 0 Å². The summed E-state index contributed by atoms with van der Waals surface area (Å²) in [6.45, 7) is 0. The largest absolute Gasteiger partial charge is 0.466 e. The van der Waals surface area contributed by atoms with Crippen LogP contribution in [0.2, 0.25) is 0 Å². The van der Waals surface area contributed by atoms with Crippen LogP contribution in [-0.2, 0) is 9.13 Å². The third-order valence-corrected chi connectivity index (χ3v) is 0. The molecule has 10 heteroatoms. The molecule has 0 aliphatic rings. The molecule has 0 spiro atoms. The standard InChI is InChI=1S/2H3O4P/c2*1-5(2,3)4/h2*(H3,1,2,3,4)/i/hD6. The lowest BCUT2D eigenvalue weighted by atomic mass is 15.8. The van der Waals surface area contributed by atoms with Gasteiger partial charge in [0.1, 0.15) is 0 Å². The zero-order chi connectivity index (χ0) is 13.2. The summed E-state index contributed by atoms with van der Waals surface area (Å²) in [7, 11) is -8.32. The molecule has 0 saturated heterocycles. The fraction of sp³-hybridized carbons (Fsp3) is 0. The molecule has 0 aliphatic heterocycles. The van der Waals surface area contributed by atoms with Gasteiger partial charge in [0.15, 0.2) is 0 Å². The van der Waals surface area contributed by atoms with Crippen molar-refractivity contribution in [1.29, 1.82) is 8.59 Å². The second-order valence-electron chi connectivity index (χ2n) is 0.894. The number of phosphoric acid groups is 2. The van der Waals surface area contributed by atoms with Crippen LogP contribution in [0.5, 0.6) is 0 Å². The predicted molar refractivity (Wildman–Crippen MR) is 28.5 cm³/mol. The normalized spacial score (nSPS) is 19.6. The van der Waals surface area contributed by atoms with Gasteiger partial charge in [0.2, 0.25) is 8.59 Å². The Morgan fingerprint density at radius 1 is 0.800 bits per heavy atom. The first kappa shape index (κ1) is 4.30. The molecule has 64 valence electrons. The van der Waals surface area contributed by atoms with Crippen LogP contribution in [-0.4, -0.2) is 38.0 Å². The van der Waals surface area contributed by atoms with Crippen molar-refractivity contribution in [3.63, 3.8) is 0 Å². The topological polar surface area (TPSA) is 156 Å². The van der Waals surface area contributed by atoms with Gasteiger partial charge in [0.05, 0.1) is 0 Å². The second kappa shape index (κ2) is 4.17. The molecule has 0 aliphatic carbocycles. The predicted octanol–water partition coefficient (Wildman–Crippen LogP) is -1.86. The SMILES string of the molecule is [2H]OP(=O)(O[2H])O[2H].[2H]OP(=O)(O[2H])O[2H]. The molecule has 0 atom stereocenters. The highest BCUT2D eigenvalue weighted by molar-refractivity contribution is 7.45. The number of hydrogen-bond acceptors (Lipinski definition) is 8. The van der Waals surface area contributed by atoms with Crippen molar-refractivity contribution < 1.29 is 38.5 Å². The van der Waals surface area contributed by atoms with Crippen LogP contribution in [0.1, 0.15) is 0 Å². The third kappa shape index (κ3) is 8850. The molecule has 0 aromatic rings. The summed E-state index contributed by atoms with van der Waals surface area (Å²) in [4.78, 5) is 19.3. The molecule has 0 aromatic heterocycles. The summed E-state index contributed by atoms with van der Waals surface area (Å²) in [5, 5.41) is 0. The van der Waals surface area contributed by atoms with E-state index in [1.165, 1.54) is 0 Å². The van der Waals surface area contributed by atoms with Crippen LogP contribution >= 0.6 is 15.6 Å². The Kier molecular flexibility index (Phi) is 1.79. The van der Waals surface area contributed by atoms with Crippen molar-refractivity contribution >= 4 is 15.6 Å². The van der Waals surface area contributed by atoms with Gasteiger partial charge in [-0.2, -0.15) is 0 Å². The molecule has 0 aromatic carbocycles. The maximum absolute atomic E-state index is 10.1. The van der Waals surface area contributed by atoms with Crippen molar-refractivity contribution in [3.8, 4) is 0 Å². The average molecular weight is 202 g/mol. The van der Waals surface area contributed by atoms with Gasteiger partial charge < -0.3 is 29.4 Å². The van der Waals surface area contributed by atoms with E-state index >= 15 is 0 Å². The van der Waals surface area contributed by atoms with E-state index in [-0.39, 0.29) is 0 Å². The Bertz CT molecular complexity index is 191. The van der Waals surface area contributed by atoms with Gasteiger partial charge in [-0.25, -0.2) is 9.13 Å². The lowest BCUT2D eigenvalue weighted by Gasteiger charge is -1.82. The van der Waals surface area contributed by atoms with Crippen LogP contribution in [0, 0.1) is 0 Å². The van der Waals surface area contributed by atoms with Crippen molar-refractivity contribution in [2.45, 2.75) is 0 Å². The molecule has 8 nitrogen and oxygen atoms in total. The summed E-state index contributed by atoms with van der Waals surface area (Å²) >= 11 is 0. The molecule has 0 fully saturated rings. The van der Waals surface area contributed by atoms with E-state index in [9.17, 15) is 9.13 Å². The van der Waals surface area contributed by atoms with E-state index < -0.39 is 15.6 Å². The molecule has 0 rings (SSSR count). The highest BCUT2D eigenvalue weighted by Gasteiger charge is 2.00. The van der Waals surface area contributed by atoms with Crippen LogP contribution in [0.25, 0.3) is 0 Å². The Morgan fingerprint density at radius 3 is 1.00 bits per heavy atom. The maximum Gasteiger partial charge on any atom is 0.466 e. The first-order valence-electron chi connectivity index (χ1n) is 3.91. The van der Waals surface area contributed by atoms with Crippen molar-refractivity contribution in [2.24, 2.45) is 0 Å². The van der Waals surface area contributed by atoms with E-state index in [0.717, 1.165) is 0 Å². The van der Waals surface area contributed by atoms with Crippen LogP contribution in [0.15, 0.2) is 0 Å². The zero-order valence-electron chi connectivity index (χ0n) is 10.2.